The van der Waals surface area contributed by atoms with E-state index in [1.807, 2.05) is 0 Å². The molecule has 52 heavy (non-hydrogen) atoms. The maximum absolute atomic E-state index is 12.6. The molecule has 15 nitrogen and oxygen atoms in total. The second-order valence-electron chi connectivity index (χ2n) is 14.3. The van der Waals surface area contributed by atoms with Crippen molar-refractivity contribution in [1.29, 1.82) is 0 Å². The molecule has 0 radical (unpaired) electrons. The molecule has 16 heteroatoms. The maximum Gasteiger partial charge on any atom is 0.268 e. The van der Waals surface area contributed by atoms with Crippen LogP contribution < -0.4 is 15.5 Å². The summed E-state index contributed by atoms with van der Waals surface area (Å²) in [5.41, 5.74) is 5.86. The molecule has 0 bridgehead atoms. The topological polar surface area (TPSA) is 249 Å². The molecule has 1 saturated heterocycles. The Balaban J connectivity index is 0.00000174. The summed E-state index contributed by atoms with van der Waals surface area (Å²) in [4.78, 5) is 14.3. The van der Waals surface area contributed by atoms with Gasteiger partial charge in [0.25, 0.3) is 7.82 Å². The maximum atomic E-state index is 12.6. The smallest absolute Gasteiger partial charge is 0.268 e. The number of nitrogens with one attached hydrogen (secondary N) is 1. The van der Waals surface area contributed by atoms with Crippen LogP contribution in [0.2, 0.25) is 0 Å². The van der Waals surface area contributed by atoms with Crippen LogP contribution in [0.1, 0.15) is 130 Å². The molecule has 1 aliphatic heterocycles. The number of aliphatic hydroxyl groups excluding tert-OH is 7. The molecule has 0 aromatic heterocycles. The van der Waals surface area contributed by atoms with E-state index in [1.165, 1.54) is 90.3 Å². The number of phosphoric acid groups is 1. The summed E-state index contributed by atoms with van der Waals surface area (Å²) in [5.74, 6) is 0. The summed E-state index contributed by atoms with van der Waals surface area (Å²) >= 11 is 0. The molecule has 0 spiro atoms. The quantitative estimate of drug-likeness (QED) is 0.0433. The molecular formula is C36H75N2O13P. The van der Waals surface area contributed by atoms with Crippen molar-refractivity contribution < 1.29 is 68.6 Å². The SMILES string of the molecule is CCCCCCCCCCCCCCCCCCOP(=O)([O-])O[C@@H]1[C@H](O)[C@H](O)[C@@H](O)[C@H](O)[C@H]1O[C@H]1O[C@H](CO)[C@@H](O)[C@H](O)[C@H]1N.CC[NH+](CC)CC. The van der Waals surface area contributed by atoms with Crippen molar-refractivity contribution in [2.45, 2.75) is 198 Å². The normalized spacial score (nSPS) is 32.0. The van der Waals surface area contributed by atoms with Gasteiger partial charge in [0.2, 0.25) is 0 Å². The van der Waals surface area contributed by atoms with Crippen molar-refractivity contribution in [2.75, 3.05) is 32.8 Å². The predicted octanol–water partition coefficient (Wildman–Crippen LogP) is 0.658. The van der Waals surface area contributed by atoms with Crippen molar-refractivity contribution in [3.8, 4) is 0 Å². The van der Waals surface area contributed by atoms with Crippen molar-refractivity contribution >= 4 is 7.82 Å². The average Bonchev–Trinajstić information content (AvgIpc) is 3.13. The summed E-state index contributed by atoms with van der Waals surface area (Å²) in [6, 6.07) is -1.43. The van der Waals surface area contributed by atoms with E-state index < -0.39 is 81.7 Å². The fourth-order valence-corrected chi connectivity index (χ4v) is 7.55. The van der Waals surface area contributed by atoms with Crippen molar-refractivity contribution in [3.05, 3.63) is 0 Å². The first-order valence-corrected chi connectivity index (χ1v) is 21.5. The minimum Gasteiger partial charge on any atom is -0.756 e. The van der Waals surface area contributed by atoms with Gasteiger partial charge in [0.05, 0.1) is 38.9 Å². The number of hydrogen-bond donors (Lipinski definition) is 9. The van der Waals surface area contributed by atoms with E-state index in [2.05, 4.69) is 27.7 Å². The van der Waals surface area contributed by atoms with E-state index >= 15 is 0 Å². The molecule has 10 N–H and O–H groups in total. The third kappa shape index (κ3) is 18.1. The number of phosphoric ester groups is 1. The second kappa shape index (κ2) is 28.1. The zero-order chi connectivity index (χ0) is 39.1. The Morgan fingerprint density at radius 2 is 1.06 bits per heavy atom. The van der Waals surface area contributed by atoms with Crippen LogP contribution in [-0.2, 0) is 23.1 Å². The molecule has 0 amide bonds. The lowest BCUT2D eigenvalue weighted by Crippen LogP contribution is -3.11. The molecule has 0 aromatic rings. The lowest BCUT2D eigenvalue weighted by atomic mass is 9.84. The molecule has 1 saturated carbocycles. The summed E-state index contributed by atoms with van der Waals surface area (Å²) in [6.07, 6.45) is 0.673. The van der Waals surface area contributed by atoms with Gasteiger partial charge in [-0.3, -0.25) is 4.57 Å². The van der Waals surface area contributed by atoms with Gasteiger partial charge in [-0.15, -0.1) is 0 Å². The van der Waals surface area contributed by atoms with Crippen LogP contribution in [0.3, 0.4) is 0 Å². The largest absolute Gasteiger partial charge is 0.756 e. The third-order valence-electron chi connectivity index (χ3n) is 10.3. The number of ether oxygens (including phenoxy) is 2. The van der Waals surface area contributed by atoms with Gasteiger partial charge in [0.15, 0.2) is 6.29 Å². The van der Waals surface area contributed by atoms with Crippen LogP contribution in [0.4, 0.5) is 0 Å². The van der Waals surface area contributed by atoms with Crippen molar-refractivity contribution in [2.24, 2.45) is 5.73 Å². The Bertz CT molecular complexity index is 916. The number of aliphatic hydroxyl groups is 7. The van der Waals surface area contributed by atoms with Gasteiger partial charge in [-0.1, -0.05) is 103 Å². The van der Waals surface area contributed by atoms with Crippen LogP contribution in [0.5, 0.6) is 0 Å². The van der Waals surface area contributed by atoms with E-state index in [-0.39, 0.29) is 6.61 Å². The van der Waals surface area contributed by atoms with Gasteiger partial charge in [0.1, 0.15) is 54.9 Å². The molecular weight excluding hydrogens is 699 g/mol. The Hall–Kier alpha value is -0.330. The van der Waals surface area contributed by atoms with Crippen LogP contribution in [0, 0.1) is 0 Å². The number of quaternary nitrogens is 1. The summed E-state index contributed by atoms with van der Waals surface area (Å²) < 4.78 is 33.5. The molecule has 312 valence electrons. The summed E-state index contributed by atoms with van der Waals surface area (Å²) in [5, 5.41) is 71.1. The van der Waals surface area contributed by atoms with Crippen molar-refractivity contribution in [1.82, 2.24) is 0 Å². The lowest BCUT2D eigenvalue weighted by molar-refractivity contribution is -0.894. The first-order chi connectivity index (χ1) is 24.8. The third-order valence-corrected chi connectivity index (χ3v) is 11.3. The van der Waals surface area contributed by atoms with Gasteiger partial charge in [0, 0.05) is 0 Å². The van der Waals surface area contributed by atoms with E-state index in [0.29, 0.717) is 6.42 Å². The first kappa shape index (κ1) is 49.7. The molecule has 2 aliphatic rings. The lowest BCUT2D eigenvalue weighted by Gasteiger charge is -2.48. The summed E-state index contributed by atoms with van der Waals surface area (Å²) in [6.45, 7) is 11.8. The van der Waals surface area contributed by atoms with Crippen molar-refractivity contribution in [3.63, 3.8) is 0 Å². The Labute approximate surface area is 312 Å². The van der Waals surface area contributed by atoms with E-state index in [0.717, 1.165) is 25.7 Å². The Kier molecular flexibility index (Phi) is 26.9. The van der Waals surface area contributed by atoms with E-state index in [4.69, 9.17) is 24.3 Å². The van der Waals surface area contributed by atoms with Crippen LogP contribution in [0.15, 0.2) is 0 Å². The highest BCUT2D eigenvalue weighted by Gasteiger charge is 2.54. The number of rotatable bonds is 26. The highest BCUT2D eigenvalue weighted by atomic mass is 31.2. The fraction of sp³-hybridized carbons (Fsp3) is 1.00. The first-order valence-electron chi connectivity index (χ1n) is 20.0. The number of hydrogen-bond acceptors (Lipinski definition) is 14. The van der Waals surface area contributed by atoms with Crippen LogP contribution in [-0.4, -0.2) is 136 Å². The minimum atomic E-state index is -5.10. The fourth-order valence-electron chi connectivity index (χ4n) is 6.60. The molecule has 2 fully saturated rings. The van der Waals surface area contributed by atoms with Crippen LogP contribution >= 0.6 is 7.82 Å². The predicted molar refractivity (Wildman–Crippen MR) is 195 cm³/mol. The van der Waals surface area contributed by atoms with Gasteiger partial charge in [-0.05, 0) is 27.2 Å². The Morgan fingerprint density at radius 3 is 1.46 bits per heavy atom. The van der Waals surface area contributed by atoms with Gasteiger partial charge in [-0.2, -0.15) is 0 Å². The van der Waals surface area contributed by atoms with E-state index in [9.17, 15) is 45.2 Å². The molecule has 1 heterocycles. The molecule has 0 aromatic carbocycles. The van der Waals surface area contributed by atoms with Gasteiger partial charge >= 0.3 is 0 Å². The minimum absolute atomic E-state index is 0.180. The molecule has 1 unspecified atom stereocenters. The Morgan fingerprint density at radius 1 is 0.635 bits per heavy atom. The molecule has 1 aliphatic carbocycles. The average molecular weight is 775 g/mol. The molecule has 2 rings (SSSR count). The number of unbranched alkanes of at least 4 members (excludes halogenated alkanes) is 15. The zero-order valence-electron chi connectivity index (χ0n) is 32.3. The highest BCUT2D eigenvalue weighted by Crippen LogP contribution is 2.44. The highest BCUT2D eigenvalue weighted by molar-refractivity contribution is 7.45. The second-order valence-corrected chi connectivity index (χ2v) is 15.7. The zero-order valence-corrected chi connectivity index (χ0v) is 33.2. The number of nitrogens with two attached hydrogens (primary N) is 1. The summed E-state index contributed by atoms with van der Waals surface area (Å²) in [7, 11) is -5.10. The standard InChI is InChI=1S/C30H60NO13P.C6H15N/c1-2-3-4-5-6-7-8-9-10-11-12-13-14-15-16-17-18-41-45(39,40)44-29-27(38)25(36)24(35)26(37)28(29)43-30-21(31)23(34)22(33)20(19-32)42-30;1-4-7(5-2)6-3/h20-30,32-38H,2-19,31H2,1H3,(H,39,40);4-6H2,1-3H3/t20-,21-,22-,23-,24-,25-,26+,27-,28-,29-,30-;/m1./s1. The van der Waals surface area contributed by atoms with Crippen LogP contribution in [0.25, 0.3) is 0 Å². The van der Waals surface area contributed by atoms with Gasteiger partial charge in [-0.25, -0.2) is 0 Å². The molecule has 12 atom stereocenters. The van der Waals surface area contributed by atoms with Gasteiger partial charge < -0.3 is 69.8 Å². The van der Waals surface area contributed by atoms with E-state index in [1.54, 1.807) is 4.90 Å². The monoisotopic (exact) mass is 775 g/mol.